The van der Waals surface area contributed by atoms with Gasteiger partial charge in [-0.2, -0.15) is 0 Å². The molecular formula is C14H26N2O4. The summed E-state index contributed by atoms with van der Waals surface area (Å²) in [5.74, 6) is -0.945. The van der Waals surface area contributed by atoms with Gasteiger partial charge in [0.1, 0.15) is 5.54 Å². The molecule has 1 amide bonds. The fourth-order valence-corrected chi connectivity index (χ4v) is 3.05. The summed E-state index contributed by atoms with van der Waals surface area (Å²) in [5, 5.41) is 12.4. The highest BCUT2D eigenvalue weighted by atomic mass is 16.5. The molecular weight excluding hydrogens is 260 g/mol. The SMILES string of the molecule is CCCC1(C(=O)O)CCCN1C(C)C(=O)NCCOC. The average molecular weight is 286 g/mol. The zero-order valence-electron chi connectivity index (χ0n) is 12.6. The molecule has 1 fully saturated rings. The van der Waals surface area contributed by atoms with Crippen LogP contribution in [0, 0.1) is 0 Å². The van der Waals surface area contributed by atoms with Gasteiger partial charge in [-0.25, -0.2) is 0 Å². The largest absolute Gasteiger partial charge is 0.480 e. The van der Waals surface area contributed by atoms with E-state index < -0.39 is 17.6 Å². The van der Waals surface area contributed by atoms with Gasteiger partial charge in [0.2, 0.25) is 5.91 Å². The number of rotatable bonds is 8. The second kappa shape index (κ2) is 7.59. The standard InChI is InChI=1S/C14H26N2O4/c1-4-6-14(13(18)19)7-5-9-16(14)11(2)12(17)15-8-10-20-3/h11H,4-10H2,1-3H3,(H,15,17)(H,18,19). The predicted octanol–water partition coefficient (Wildman–Crippen LogP) is 0.857. The first kappa shape index (κ1) is 16.9. The first-order valence-corrected chi connectivity index (χ1v) is 7.26. The van der Waals surface area contributed by atoms with Crippen molar-refractivity contribution in [1.29, 1.82) is 0 Å². The lowest BCUT2D eigenvalue weighted by atomic mass is 9.89. The van der Waals surface area contributed by atoms with Crippen LogP contribution in [0.3, 0.4) is 0 Å². The van der Waals surface area contributed by atoms with Crippen molar-refractivity contribution < 1.29 is 19.4 Å². The summed E-state index contributed by atoms with van der Waals surface area (Å²) in [6.07, 6.45) is 2.81. The molecule has 1 rings (SSSR count). The van der Waals surface area contributed by atoms with Gasteiger partial charge in [0.05, 0.1) is 12.6 Å². The number of hydrogen-bond acceptors (Lipinski definition) is 4. The Kier molecular flexibility index (Phi) is 6.42. The Morgan fingerprint density at radius 1 is 1.50 bits per heavy atom. The Balaban J connectivity index is 2.76. The van der Waals surface area contributed by atoms with Gasteiger partial charge in [-0.05, 0) is 26.2 Å². The molecule has 0 radical (unpaired) electrons. The Bertz CT molecular complexity index is 348. The molecule has 20 heavy (non-hydrogen) atoms. The van der Waals surface area contributed by atoms with Crippen LogP contribution in [0.25, 0.3) is 0 Å². The third-order valence-corrected chi connectivity index (χ3v) is 4.05. The lowest BCUT2D eigenvalue weighted by Crippen LogP contribution is -2.57. The smallest absolute Gasteiger partial charge is 0.324 e. The highest BCUT2D eigenvalue weighted by Crippen LogP contribution is 2.35. The maximum Gasteiger partial charge on any atom is 0.324 e. The van der Waals surface area contributed by atoms with Gasteiger partial charge < -0.3 is 15.2 Å². The number of aliphatic carboxylic acids is 1. The minimum absolute atomic E-state index is 0.134. The zero-order valence-corrected chi connectivity index (χ0v) is 12.6. The number of carboxylic acid groups (broad SMARTS) is 1. The molecule has 0 aromatic rings. The molecule has 6 heteroatoms. The number of nitrogens with zero attached hydrogens (tertiary/aromatic N) is 1. The van der Waals surface area contributed by atoms with Gasteiger partial charge in [-0.3, -0.25) is 14.5 Å². The van der Waals surface area contributed by atoms with Gasteiger partial charge in [0.15, 0.2) is 0 Å². The molecule has 1 saturated heterocycles. The quantitative estimate of drug-likeness (QED) is 0.647. The van der Waals surface area contributed by atoms with E-state index in [4.69, 9.17) is 4.74 Å². The van der Waals surface area contributed by atoms with Gasteiger partial charge in [-0.15, -0.1) is 0 Å². The Labute approximate surface area is 120 Å². The van der Waals surface area contributed by atoms with Crippen LogP contribution in [-0.4, -0.2) is 60.3 Å². The van der Waals surface area contributed by atoms with Crippen molar-refractivity contribution in [3.05, 3.63) is 0 Å². The average Bonchev–Trinajstić information content (AvgIpc) is 2.83. The second-order valence-corrected chi connectivity index (χ2v) is 5.34. The molecule has 1 aliphatic heterocycles. The van der Waals surface area contributed by atoms with Crippen molar-refractivity contribution in [1.82, 2.24) is 10.2 Å². The van der Waals surface area contributed by atoms with E-state index >= 15 is 0 Å². The van der Waals surface area contributed by atoms with Crippen LogP contribution in [0.2, 0.25) is 0 Å². The second-order valence-electron chi connectivity index (χ2n) is 5.34. The number of nitrogens with one attached hydrogen (secondary N) is 1. The predicted molar refractivity (Wildman–Crippen MR) is 75.6 cm³/mol. The van der Waals surface area contributed by atoms with E-state index in [1.807, 2.05) is 11.8 Å². The van der Waals surface area contributed by atoms with Crippen LogP contribution in [-0.2, 0) is 14.3 Å². The van der Waals surface area contributed by atoms with Gasteiger partial charge in [0.25, 0.3) is 0 Å². The summed E-state index contributed by atoms with van der Waals surface area (Å²) < 4.78 is 4.89. The van der Waals surface area contributed by atoms with E-state index in [1.165, 1.54) is 0 Å². The van der Waals surface area contributed by atoms with Crippen LogP contribution >= 0.6 is 0 Å². The fourth-order valence-electron chi connectivity index (χ4n) is 3.05. The summed E-state index contributed by atoms with van der Waals surface area (Å²) in [6, 6.07) is -0.433. The van der Waals surface area contributed by atoms with Crippen molar-refractivity contribution in [3.63, 3.8) is 0 Å². The van der Waals surface area contributed by atoms with E-state index in [0.717, 1.165) is 12.8 Å². The maximum absolute atomic E-state index is 12.1. The lowest BCUT2D eigenvalue weighted by molar-refractivity contribution is -0.153. The van der Waals surface area contributed by atoms with E-state index in [1.54, 1.807) is 14.0 Å². The van der Waals surface area contributed by atoms with Gasteiger partial charge >= 0.3 is 5.97 Å². The Morgan fingerprint density at radius 2 is 2.20 bits per heavy atom. The highest BCUT2D eigenvalue weighted by Gasteiger charge is 2.49. The molecule has 0 spiro atoms. The summed E-state index contributed by atoms with van der Waals surface area (Å²) in [4.78, 5) is 25.7. The molecule has 0 aliphatic carbocycles. The van der Waals surface area contributed by atoms with Crippen LogP contribution < -0.4 is 5.32 Å². The number of amides is 1. The summed E-state index contributed by atoms with van der Waals surface area (Å²) in [5.41, 5.74) is -0.882. The van der Waals surface area contributed by atoms with Crippen molar-refractivity contribution >= 4 is 11.9 Å². The Morgan fingerprint density at radius 3 is 2.75 bits per heavy atom. The molecule has 2 unspecified atom stereocenters. The first-order chi connectivity index (χ1) is 9.49. The van der Waals surface area contributed by atoms with Crippen molar-refractivity contribution in [2.24, 2.45) is 0 Å². The molecule has 116 valence electrons. The zero-order chi connectivity index (χ0) is 15.2. The highest BCUT2D eigenvalue weighted by molar-refractivity contribution is 5.84. The molecule has 2 atom stereocenters. The Hall–Kier alpha value is -1.14. The van der Waals surface area contributed by atoms with Crippen LogP contribution in [0.15, 0.2) is 0 Å². The van der Waals surface area contributed by atoms with Crippen molar-refractivity contribution in [3.8, 4) is 0 Å². The minimum atomic E-state index is -0.882. The third-order valence-electron chi connectivity index (χ3n) is 4.05. The topological polar surface area (TPSA) is 78.9 Å². The molecule has 0 saturated carbocycles. The molecule has 6 nitrogen and oxygen atoms in total. The van der Waals surface area contributed by atoms with Gasteiger partial charge in [0, 0.05) is 20.2 Å². The molecule has 2 N–H and O–H groups in total. The van der Waals surface area contributed by atoms with Crippen LogP contribution in [0.5, 0.6) is 0 Å². The lowest BCUT2D eigenvalue weighted by Gasteiger charge is -2.38. The number of carboxylic acids is 1. The maximum atomic E-state index is 12.1. The van der Waals surface area contributed by atoms with E-state index in [9.17, 15) is 14.7 Å². The third kappa shape index (κ3) is 3.49. The van der Waals surface area contributed by atoms with Crippen molar-refractivity contribution in [2.75, 3.05) is 26.8 Å². The number of methoxy groups -OCH3 is 1. The molecule has 0 bridgehead atoms. The number of likely N-dealkylation sites (tertiary alicyclic amines) is 1. The van der Waals surface area contributed by atoms with E-state index in [2.05, 4.69) is 5.32 Å². The summed E-state index contributed by atoms with van der Waals surface area (Å²) in [7, 11) is 1.58. The molecule has 1 heterocycles. The molecule has 1 aliphatic rings. The van der Waals surface area contributed by atoms with Crippen LogP contribution in [0.4, 0.5) is 0 Å². The number of carbonyl (C=O) groups excluding carboxylic acids is 1. The summed E-state index contributed by atoms with van der Waals surface area (Å²) in [6.45, 7) is 5.31. The summed E-state index contributed by atoms with van der Waals surface area (Å²) >= 11 is 0. The number of ether oxygens (including phenoxy) is 1. The first-order valence-electron chi connectivity index (χ1n) is 7.26. The number of hydrogen-bond donors (Lipinski definition) is 2. The van der Waals surface area contributed by atoms with Crippen molar-refractivity contribution in [2.45, 2.75) is 51.1 Å². The minimum Gasteiger partial charge on any atom is -0.480 e. The fraction of sp³-hybridized carbons (Fsp3) is 0.857. The van der Waals surface area contributed by atoms with Crippen LogP contribution in [0.1, 0.15) is 39.5 Å². The molecule has 0 aromatic carbocycles. The monoisotopic (exact) mass is 286 g/mol. The van der Waals surface area contributed by atoms with E-state index in [-0.39, 0.29) is 5.91 Å². The number of carbonyl (C=O) groups is 2. The normalized spacial score (nSPS) is 24.6. The molecule has 0 aromatic heterocycles. The van der Waals surface area contributed by atoms with Gasteiger partial charge in [-0.1, -0.05) is 13.3 Å². The van der Waals surface area contributed by atoms with E-state index in [0.29, 0.717) is 32.5 Å².